The summed E-state index contributed by atoms with van der Waals surface area (Å²) in [5, 5.41) is 10.7. The van der Waals surface area contributed by atoms with Crippen molar-refractivity contribution in [2.24, 2.45) is 0 Å². The first-order valence-corrected chi connectivity index (χ1v) is 11.9. The number of halogens is 2. The number of ketones is 1. The summed E-state index contributed by atoms with van der Waals surface area (Å²) in [4.78, 5) is 12.7. The van der Waals surface area contributed by atoms with Gasteiger partial charge >= 0.3 is 0 Å². The molecule has 0 amide bonds. The summed E-state index contributed by atoms with van der Waals surface area (Å²) in [6.45, 7) is 2.01. The van der Waals surface area contributed by atoms with Gasteiger partial charge in [-0.3, -0.25) is 9.36 Å². The molecule has 4 nitrogen and oxygen atoms in total. The quantitative estimate of drug-likeness (QED) is 0.296. The summed E-state index contributed by atoms with van der Waals surface area (Å²) in [5.74, 6) is 1.68. The largest absolute Gasteiger partial charge is 0.293 e. The Balaban J connectivity index is 1.63. The van der Waals surface area contributed by atoms with Crippen LogP contribution in [0.5, 0.6) is 0 Å². The minimum Gasteiger partial charge on any atom is -0.293 e. The average Bonchev–Trinajstić information content (AvgIpc) is 3.19. The van der Waals surface area contributed by atoms with Crippen molar-refractivity contribution in [3.05, 3.63) is 69.5 Å². The number of benzene rings is 2. The normalized spacial score (nSPS) is 14.8. The van der Waals surface area contributed by atoms with Crippen LogP contribution in [0.3, 0.4) is 0 Å². The molecule has 1 saturated carbocycles. The maximum Gasteiger partial charge on any atom is 0.196 e. The molecule has 3 aromatic rings. The third-order valence-electron chi connectivity index (χ3n) is 5.50. The summed E-state index contributed by atoms with van der Waals surface area (Å²) in [6, 6.07) is 13.2. The van der Waals surface area contributed by atoms with Crippen LogP contribution in [0.15, 0.2) is 47.6 Å². The second-order valence-corrected chi connectivity index (χ2v) is 9.44. The van der Waals surface area contributed by atoms with Crippen molar-refractivity contribution in [1.29, 1.82) is 0 Å². The van der Waals surface area contributed by atoms with E-state index < -0.39 is 0 Å². The predicted molar refractivity (Wildman–Crippen MR) is 123 cm³/mol. The monoisotopic (exact) mass is 459 g/mol. The molecular formula is C23H23Cl2N3OS. The summed E-state index contributed by atoms with van der Waals surface area (Å²) < 4.78 is 2.05. The third-order valence-corrected chi connectivity index (χ3v) is 7.16. The molecule has 0 unspecified atom stereocenters. The van der Waals surface area contributed by atoms with E-state index in [2.05, 4.69) is 10.2 Å². The molecule has 1 aliphatic rings. The van der Waals surface area contributed by atoms with E-state index in [-0.39, 0.29) is 5.78 Å². The van der Waals surface area contributed by atoms with Gasteiger partial charge in [0, 0.05) is 11.5 Å². The van der Waals surface area contributed by atoms with Crippen LogP contribution in [-0.2, 0) is 0 Å². The van der Waals surface area contributed by atoms with Gasteiger partial charge in [-0.15, -0.1) is 10.2 Å². The second-order valence-electron chi connectivity index (χ2n) is 7.69. The first-order valence-electron chi connectivity index (χ1n) is 10.2. The van der Waals surface area contributed by atoms with E-state index in [1.165, 1.54) is 31.0 Å². The maximum atomic E-state index is 12.7. The molecule has 1 aromatic heterocycles. The first kappa shape index (κ1) is 21.4. The zero-order valence-electron chi connectivity index (χ0n) is 16.8. The molecular weight excluding hydrogens is 437 g/mol. The summed E-state index contributed by atoms with van der Waals surface area (Å²) >= 11 is 13.8. The zero-order chi connectivity index (χ0) is 21.1. The van der Waals surface area contributed by atoms with Gasteiger partial charge < -0.3 is 0 Å². The minimum absolute atomic E-state index is 0.0721. The number of carbonyl (C=O) groups excluding carboxylic acids is 1. The Kier molecular flexibility index (Phi) is 6.81. The van der Waals surface area contributed by atoms with Crippen LogP contribution in [0, 0.1) is 6.92 Å². The van der Waals surface area contributed by atoms with Crippen molar-refractivity contribution in [3.63, 3.8) is 0 Å². The molecule has 0 spiro atoms. The molecule has 30 heavy (non-hydrogen) atoms. The molecule has 0 N–H and O–H groups in total. The molecule has 4 rings (SSSR count). The first-order chi connectivity index (χ1) is 14.5. The highest BCUT2D eigenvalue weighted by Crippen LogP contribution is 2.36. The zero-order valence-corrected chi connectivity index (χ0v) is 19.1. The highest BCUT2D eigenvalue weighted by Gasteiger charge is 2.25. The van der Waals surface area contributed by atoms with Crippen LogP contribution >= 0.6 is 35.0 Å². The number of thioether (sulfide) groups is 1. The number of hydrogen-bond donors (Lipinski definition) is 0. The Morgan fingerprint density at radius 1 is 1.03 bits per heavy atom. The Morgan fingerprint density at radius 3 is 2.47 bits per heavy atom. The van der Waals surface area contributed by atoms with Crippen molar-refractivity contribution in [2.45, 2.75) is 50.1 Å². The lowest BCUT2D eigenvalue weighted by Crippen LogP contribution is -2.12. The SMILES string of the molecule is Cc1ccc(C(=O)CSc2nnc(C3CCCCC3)n2-c2ccc(Cl)c(Cl)c2)cc1. The van der Waals surface area contributed by atoms with Gasteiger partial charge in [0.25, 0.3) is 0 Å². The molecule has 156 valence electrons. The van der Waals surface area contributed by atoms with Crippen LogP contribution in [0.25, 0.3) is 5.69 Å². The molecule has 2 aromatic carbocycles. The van der Waals surface area contributed by atoms with E-state index in [4.69, 9.17) is 23.2 Å². The Bertz CT molecular complexity index is 1040. The predicted octanol–water partition coefficient (Wildman–Crippen LogP) is 6.91. The summed E-state index contributed by atoms with van der Waals surface area (Å²) in [5.41, 5.74) is 2.72. The second kappa shape index (κ2) is 9.54. The molecule has 1 fully saturated rings. The molecule has 1 heterocycles. The van der Waals surface area contributed by atoms with Gasteiger partial charge in [-0.2, -0.15) is 0 Å². The van der Waals surface area contributed by atoms with E-state index in [0.29, 0.717) is 32.4 Å². The van der Waals surface area contributed by atoms with Gasteiger partial charge in [-0.1, -0.05) is 84.1 Å². The van der Waals surface area contributed by atoms with E-state index >= 15 is 0 Å². The summed E-state index contributed by atoms with van der Waals surface area (Å²) in [7, 11) is 0. The number of aryl methyl sites for hydroxylation is 1. The number of rotatable bonds is 6. The van der Waals surface area contributed by atoms with Gasteiger partial charge in [0.15, 0.2) is 10.9 Å². The number of carbonyl (C=O) groups is 1. The van der Waals surface area contributed by atoms with Crippen LogP contribution in [-0.4, -0.2) is 26.3 Å². The number of hydrogen-bond acceptors (Lipinski definition) is 4. The summed E-state index contributed by atoms with van der Waals surface area (Å²) in [6.07, 6.45) is 5.88. The number of aromatic nitrogens is 3. The lowest BCUT2D eigenvalue weighted by Gasteiger charge is -2.22. The highest BCUT2D eigenvalue weighted by molar-refractivity contribution is 7.99. The lowest BCUT2D eigenvalue weighted by molar-refractivity contribution is 0.102. The molecule has 7 heteroatoms. The van der Waals surface area contributed by atoms with Gasteiger partial charge in [0.2, 0.25) is 0 Å². The van der Waals surface area contributed by atoms with Crippen molar-refractivity contribution in [3.8, 4) is 5.69 Å². The van der Waals surface area contributed by atoms with E-state index in [1.807, 2.05) is 47.9 Å². The highest BCUT2D eigenvalue weighted by atomic mass is 35.5. The molecule has 0 aliphatic heterocycles. The molecule has 0 atom stereocenters. The van der Waals surface area contributed by atoms with Crippen molar-refractivity contribution in [2.75, 3.05) is 5.75 Å². The smallest absolute Gasteiger partial charge is 0.196 e. The topological polar surface area (TPSA) is 47.8 Å². The Hall–Kier alpha value is -1.82. The van der Waals surface area contributed by atoms with Crippen LogP contribution in [0.2, 0.25) is 10.0 Å². The molecule has 0 saturated heterocycles. The minimum atomic E-state index is 0.0721. The fraction of sp³-hybridized carbons (Fsp3) is 0.348. The van der Waals surface area contributed by atoms with E-state index in [1.54, 1.807) is 6.07 Å². The van der Waals surface area contributed by atoms with Crippen LogP contribution in [0.4, 0.5) is 0 Å². The molecule has 1 aliphatic carbocycles. The fourth-order valence-electron chi connectivity index (χ4n) is 3.82. The number of Topliss-reactive ketones (excluding diaryl/α,β-unsaturated/α-hetero) is 1. The fourth-order valence-corrected chi connectivity index (χ4v) is 4.97. The molecule has 0 radical (unpaired) electrons. The van der Waals surface area contributed by atoms with Crippen molar-refractivity contribution < 1.29 is 4.79 Å². The van der Waals surface area contributed by atoms with Gasteiger partial charge in [-0.25, -0.2) is 0 Å². The van der Waals surface area contributed by atoms with E-state index in [9.17, 15) is 4.79 Å². The third kappa shape index (κ3) is 4.74. The standard InChI is InChI=1S/C23H23Cl2N3OS/c1-15-7-9-16(10-8-15)21(29)14-30-23-27-26-22(17-5-3-2-4-6-17)28(23)18-11-12-19(24)20(25)13-18/h7-13,17H,2-6,14H2,1H3. The average molecular weight is 460 g/mol. The van der Waals surface area contributed by atoms with E-state index in [0.717, 1.165) is 29.9 Å². The van der Waals surface area contributed by atoms with Gasteiger partial charge in [0.05, 0.1) is 21.5 Å². The van der Waals surface area contributed by atoms with Crippen LogP contribution in [0.1, 0.15) is 59.8 Å². The maximum absolute atomic E-state index is 12.7. The van der Waals surface area contributed by atoms with Crippen LogP contribution < -0.4 is 0 Å². The lowest BCUT2D eigenvalue weighted by atomic mass is 9.88. The van der Waals surface area contributed by atoms with Gasteiger partial charge in [0.1, 0.15) is 5.82 Å². The number of nitrogens with zero attached hydrogens (tertiary/aromatic N) is 3. The Labute approximate surface area is 191 Å². The molecule has 0 bridgehead atoms. The van der Waals surface area contributed by atoms with Gasteiger partial charge in [-0.05, 0) is 38.0 Å². The van der Waals surface area contributed by atoms with Crippen molar-refractivity contribution in [1.82, 2.24) is 14.8 Å². The van der Waals surface area contributed by atoms with Crippen molar-refractivity contribution >= 4 is 40.7 Å². The Morgan fingerprint density at radius 2 is 1.77 bits per heavy atom.